The fourth-order valence-electron chi connectivity index (χ4n) is 2.64. The number of nitrogens with zero attached hydrogens (tertiary/aromatic N) is 2. The summed E-state index contributed by atoms with van der Waals surface area (Å²) < 4.78 is 6.05. The molecule has 1 heterocycles. The van der Waals surface area contributed by atoms with Gasteiger partial charge in [0.05, 0.1) is 5.69 Å². The Bertz CT molecular complexity index is 746. The minimum atomic E-state index is -1.09. The molecule has 2 atom stereocenters. The van der Waals surface area contributed by atoms with Crippen LogP contribution in [0.25, 0.3) is 0 Å². The number of nitrogen functional groups attached to an aromatic ring is 1. The smallest absolute Gasteiger partial charge is 0.339 e. The van der Waals surface area contributed by atoms with Gasteiger partial charge in [-0.3, -0.25) is 0 Å². The van der Waals surface area contributed by atoms with Crippen LogP contribution in [0, 0.1) is 6.92 Å². The van der Waals surface area contributed by atoms with Crippen molar-refractivity contribution in [3.63, 3.8) is 0 Å². The zero-order chi connectivity index (χ0) is 17.9. The Hall–Kier alpha value is -2.63. The first kappa shape index (κ1) is 17.7. The Labute approximate surface area is 141 Å². The molecule has 0 saturated heterocycles. The van der Waals surface area contributed by atoms with Crippen molar-refractivity contribution in [2.24, 2.45) is 0 Å². The Morgan fingerprint density at radius 1 is 1.29 bits per heavy atom. The molecule has 0 amide bonds. The molecular formula is C18H23N3O3. The Balaban J connectivity index is 2.42. The second kappa shape index (κ2) is 7.29. The Kier molecular flexibility index (Phi) is 5.39. The molecule has 1 aromatic carbocycles. The highest BCUT2D eigenvalue weighted by Gasteiger charge is 2.24. The van der Waals surface area contributed by atoms with Crippen molar-refractivity contribution in [1.82, 2.24) is 9.97 Å². The maximum absolute atomic E-state index is 11.6. The lowest BCUT2D eigenvalue weighted by atomic mass is 9.97. The third kappa shape index (κ3) is 3.64. The quantitative estimate of drug-likeness (QED) is 0.838. The molecule has 24 heavy (non-hydrogen) atoms. The van der Waals surface area contributed by atoms with Crippen LogP contribution in [-0.2, 0) is 0 Å². The van der Waals surface area contributed by atoms with Crippen LogP contribution >= 0.6 is 0 Å². The SMILES string of the molecule is CCC(C)c1ccccc1OC(C)c1nc(N)nc(C)c1C(=O)O. The summed E-state index contributed by atoms with van der Waals surface area (Å²) in [5.41, 5.74) is 7.43. The van der Waals surface area contributed by atoms with Crippen LogP contribution in [0.3, 0.4) is 0 Å². The number of hydrogen-bond donors (Lipinski definition) is 2. The number of aromatic nitrogens is 2. The van der Waals surface area contributed by atoms with E-state index in [1.54, 1.807) is 13.8 Å². The van der Waals surface area contributed by atoms with Crippen molar-refractivity contribution in [2.75, 3.05) is 5.73 Å². The molecular weight excluding hydrogens is 306 g/mol. The molecule has 6 heteroatoms. The van der Waals surface area contributed by atoms with Crippen LogP contribution in [0.15, 0.2) is 24.3 Å². The van der Waals surface area contributed by atoms with Gasteiger partial charge in [0.25, 0.3) is 0 Å². The first-order valence-electron chi connectivity index (χ1n) is 7.98. The first-order chi connectivity index (χ1) is 11.3. The number of carboxylic acids is 1. The lowest BCUT2D eigenvalue weighted by Gasteiger charge is -2.21. The van der Waals surface area contributed by atoms with Crippen molar-refractivity contribution in [2.45, 2.75) is 46.1 Å². The summed E-state index contributed by atoms with van der Waals surface area (Å²) in [4.78, 5) is 19.6. The van der Waals surface area contributed by atoms with E-state index in [0.29, 0.717) is 11.6 Å². The molecule has 0 spiro atoms. The van der Waals surface area contributed by atoms with Crippen LogP contribution < -0.4 is 10.5 Å². The fraction of sp³-hybridized carbons (Fsp3) is 0.389. The van der Waals surface area contributed by atoms with Gasteiger partial charge in [-0.2, -0.15) is 0 Å². The molecule has 2 rings (SSSR count). The highest BCUT2D eigenvalue weighted by atomic mass is 16.5. The lowest BCUT2D eigenvalue weighted by Crippen LogP contribution is -2.17. The first-order valence-corrected chi connectivity index (χ1v) is 7.98. The highest BCUT2D eigenvalue weighted by Crippen LogP contribution is 2.32. The average Bonchev–Trinajstić information content (AvgIpc) is 2.53. The Morgan fingerprint density at radius 3 is 2.58 bits per heavy atom. The maximum atomic E-state index is 11.6. The van der Waals surface area contributed by atoms with Crippen molar-refractivity contribution < 1.29 is 14.6 Å². The van der Waals surface area contributed by atoms with E-state index in [1.165, 1.54) is 0 Å². The van der Waals surface area contributed by atoms with E-state index in [0.717, 1.165) is 17.7 Å². The van der Waals surface area contributed by atoms with E-state index in [4.69, 9.17) is 10.5 Å². The largest absolute Gasteiger partial charge is 0.484 e. The number of carboxylic acid groups (broad SMARTS) is 1. The summed E-state index contributed by atoms with van der Waals surface area (Å²) in [6.45, 7) is 7.61. The third-order valence-electron chi connectivity index (χ3n) is 4.10. The van der Waals surface area contributed by atoms with Gasteiger partial charge in [-0.15, -0.1) is 0 Å². The van der Waals surface area contributed by atoms with Gasteiger partial charge in [0, 0.05) is 0 Å². The lowest BCUT2D eigenvalue weighted by molar-refractivity contribution is 0.0689. The molecule has 0 radical (unpaired) electrons. The number of rotatable bonds is 6. The molecule has 2 unspecified atom stereocenters. The van der Waals surface area contributed by atoms with E-state index >= 15 is 0 Å². The average molecular weight is 329 g/mol. The minimum Gasteiger partial charge on any atom is -0.484 e. The van der Waals surface area contributed by atoms with Gasteiger partial charge in [0.2, 0.25) is 5.95 Å². The molecule has 0 aliphatic carbocycles. The van der Waals surface area contributed by atoms with E-state index in [1.807, 2.05) is 24.3 Å². The van der Waals surface area contributed by atoms with E-state index in [9.17, 15) is 9.90 Å². The molecule has 6 nitrogen and oxygen atoms in total. The van der Waals surface area contributed by atoms with Gasteiger partial charge in [-0.1, -0.05) is 32.0 Å². The van der Waals surface area contributed by atoms with Gasteiger partial charge < -0.3 is 15.6 Å². The molecule has 1 aromatic heterocycles. The van der Waals surface area contributed by atoms with Crippen LogP contribution in [0.5, 0.6) is 5.75 Å². The van der Waals surface area contributed by atoms with Crippen molar-refractivity contribution in [1.29, 1.82) is 0 Å². The molecule has 0 fully saturated rings. The van der Waals surface area contributed by atoms with Crippen molar-refractivity contribution >= 4 is 11.9 Å². The van der Waals surface area contributed by atoms with Crippen molar-refractivity contribution in [3.05, 3.63) is 46.8 Å². The summed E-state index contributed by atoms with van der Waals surface area (Å²) in [6.07, 6.45) is 0.416. The van der Waals surface area contributed by atoms with Gasteiger partial charge >= 0.3 is 5.97 Å². The molecule has 3 N–H and O–H groups in total. The Morgan fingerprint density at radius 2 is 1.96 bits per heavy atom. The molecule has 0 bridgehead atoms. The number of nitrogens with two attached hydrogens (primary N) is 1. The van der Waals surface area contributed by atoms with Crippen LogP contribution in [0.2, 0.25) is 0 Å². The second-order valence-corrected chi connectivity index (χ2v) is 5.84. The zero-order valence-electron chi connectivity index (χ0n) is 14.4. The van der Waals surface area contributed by atoms with E-state index < -0.39 is 12.1 Å². The standard InChI is InChI=1S/C18H23N3O3/c1-5-10(2)13-8-6-7-9-14(13)24-12(4)16-15(17(22)23)11(3)20-18(19)21-16/h6-10,12H,5H2,1-4H3,(H,22,23)(H2,19,20,21). The number of anilines is 1. The van der Waals surface area contributed by atoms with Crippen LogP contribution in [0.1, 0.15) is 66.5 Å². The summed E-state index contributed by atoms with van der Waals surface area (Å²) in [5.74, 6) is 0.0152. The zero-order valence-corrected chi connectivity index (χ0v) is 14.4. The normalized spacial score (nSPS) is 13.3. The highest BCUT2D eigenvalue weighted by molar-refractivity contribution is 5.90. The number of hydrogen-bond acceptors (Lipinski definition) is 5. The van der Waals surface area contributed by atoms with Gasteiger partial charge in [0.1, 0.15) is 23.1 Å². The molecule has 0 aliphatic heterocycles. The number of aryl methyl sites for hydroxylation is 1. The molecule has 2 aromatic rings. The molecule has 0 saturated carbocycles. The van der Waals surface area contributed by atoms with Gasteiger partial charge in [0.15, 0.2) is 0 Å². The number of carbonyl (C=O) groups is 1. The van der Waals surface area contributed by atoms with Gasteiger partial charge in [-0.25, -0.2) is 14.8 Å². The topological polar surface area (TPSA) is 98.3 Å². The predicted molar refractivity (Wildman–Crippen MR) is 92.3 cm³/mol. The summed E-state index contributed by atoms with van der Waals surface area (Å²) in [7, 11) is 0. The monoisotopic (exact) mass is 329 g/mol. The van der Waals surface area contributed by atoms with Crippen LogP contribution in [0.4, 0.5) is 5.95 Å². The summed E-state index contributed by atoms with van der Waals surface area (Å²) >= 11 is 0. The number of para-hydroxylation sites is 1. The number of ether oxygens (including phenoxy) is 1. The van der Waals surface area contributed by atoms with E-state index in [2.05, 4.69) is 23.8 Å². The number of benzene rings is 1. The number of aromatic carboxylic acids is 1. The minimum absolute atomic E-state index is 0.0396. The second-order valence-electron chi connectivity index (χ2n) is 5.84. The van der Waals surface area contributed by atoms with E-state index in [-0.39, 0.29) is 17.2 Å². The summed E-state index contributed by atoms with van der Waals surface area (Å²) in [5, 5.41) is 9.46. The molecule has 128 valence electrons. The van der Waals surface area contributed by atoms with Crippen molar-refractivity contribution in [3.8, 4) is 5.75 Å². The molecule has 0 aliphatic rings. The maximum Gasteiger partial charge on any atom is 0.339 e. The predicted octanol–water partition coefficient (Wildman–Crippen LogP) is 3.72. The van der Waals surface area contributed by atoms with Crippen LogP contribution in [-0.4, -0.2) is 21.0 Å². The van der Waals surface area contributed by atoms with Gasteiger partial charge in [-0.05, 0) is 37.8 Å². The fourth-order valence-corrected chi connectivity index (χ4v) is 2.64. The third-order valence-corrected chi connectivity index (χ3v) is 4.10. The summed E-state index contributed by atoms with van der Waals surface area (Å²) in [6, 6.07) is 7.77.